The van der Waals surface area contributed by atoms with Crippen LogP contribution in [0.15, 0.2) is 0 Å². The predicted octanol–water partition coefficient (Wildman–Crippen LogP) is 3.27. The topological polar surface area (TPSA) is 29.5 Å². The molecule has 3 heteroatoms. The fourth-order valence-corrected chi connectivity index (χ4v) is 3.31. The Hall–Kier alpha value is 0.137. The van der Waals surface area contributed by atoms with Gasteiger partial charge in [0, 0.05) is 6.10 Å². The van der Waals surface area contributed by atoms with Gasteiger partial charge in [-0.3, -0.25) is 0 Å². The molecule has 0 fully saturated rings. The number of aliphatic hydroxyl groups excluding tert-OH is 1. The molecule has 0 saturated carbocycles. The lowest BCUT2D eigenvalue weighted by atomic mass is 9.91. The smallest absolute Gasteiger partial charge is 0.184 e. The summed E-state index contributed by atoms with van der Waals surface area (Å²) in [7, 11) is -1.48. The van der Waals surface area contributed by atoms with Crippen molar-refractivity contribution in [3.05, 3.63) is 0 Å². The van der Waals surface area contributed by atoms with Gasteiger partial charge in [0.25, 0.3) is 0 Å². The first kappa shape index (κ1) is 15.1. The molecule has 0 aromatic carbocycles. The fraction of sp³-hybridized carbons (Fsp3) is 1.00. The van der Waals surface area contributed by atoms with Gasteiger partial charge in [0.15, 0.2) is 8.32 Å². The molecular formula is C12H28O2Si. The monoisotopic (exact) mass is 232 g/mol. The van der Waals surface area contributed by atoms with E-state index in [2.05, 4.69) is 40.4 Å². The molecule has 0 bridgehead atoms. The highest BCUT2D eigenvalue weighted by Gasteiger charge is 2.28. The van der Waals surface area contributed by atoms with E-state index in [9.17, 15) is 5.11 Å². The Kier molecular flexibility index (Phi) is 6.07. The van der Waals surface area contributed by atoms with Crippen molar-refractivity contribution in [1.29, 1.82) is 0 Å². The maximum absolute atomic E-state index is 9.41. The second kappa shape index (κ2) is 6.02. The highest BCUT2D eigenvalue weighted by Crippen LogP contribution is 2.24. The zero-order chi connectivity index (χ0) is 12.2. The van der Waals surface area contributed by atoms with Crippen LogP contribution >= 0.6 is 0 Å². The average molecular weight is 232 g/mol. The Morgan fingerprint density at radius 1 is 1.07 bits per heavy atom. The molecule has 0 aliphatic rings. The molecule has 0 saturated heterocycles. The summed E-state index contributed by atoms with van der Waals surface area (Å²) in [5, 5.41) is 9.41. The molecule has 0 rings (SSSR count). The van der Waals surface area contributed by atoms with Crippen molar-refractivity contribution in [2.24, 2.45) is 11.8 Å². The van der Waals surface area contributed by atoms with Crippen molar-refractivity contribution in [3.63, 3.8) is 0 Å². The lowest BCUT2D eigenvalue weighted by Crippen LogP contribution is -2.39. The van der Waals surface area contributed by atoms with E-state index in [1.54, 1.807) is 0 Å². The lowest BCUT2D eigenvalue weighted by Gasteiger charge is -2.34. The van der Waals surface area contributed by atoms with Gasteiger partial charge in [-0.2, -0.15) is 0 Å². The quantitative estimate of drug-likeness (QED) is 0.712. The minimum Gasteiger partial charge on any atom is -0.414 e. The van der Waals surface area contributed by atoms with Crippen molar-refractivity contribution in [1.82, 2.24) is 0 Å². The molecule has 0 amide bonds. The van der Waals surface area contributed by atoms with Gasteiger partial charge >= 0.3 is 0 Å². The van der Waals surface area contributed by atoms with Crippen molar-refractivity contribution < 1.29 is 9.53 Å². The zero-order valence-corrected chi connectivity index (χ0v) is 12.4. The van der Waals surface area contributed by atoms with Crippen LogP contribution in [-0.2, 0) is 4.43 Å². The van der Waals surface area contributed by atoms with Gasteiger partial charge in [-0.05, 0) is 44.8 Å². The third-order valence-electron chi connectivity index (χ3n) is 2.42. The van der Waals surface area contributed by atoms with Crippen LogP contribution in [0.3, 0.4) is 0 Å². The molecule has 0 aromatic heterocycles. The van der Waals surface area contributed by atoms with Gasteiger partial charge in [-0.25, -0.2) is 0 Å². The minimum absolute atomic E-state index is 0.230. The van der Waals surface area contributed by atoms with Crippen molar-refractivity contribution >= 4 is 8.32 Å². The average Bonchev–Trinajstić information content (AvgIpc) is 1.96. The van der Waals surface area contributed by atoms with Gasteiger partial charge in [0.2, 0.25) is 0 Å². The molecule has 0 radical (unpaired) electrons. The van der Waals surface area contributed by atoms with E-state index < -0.39 is 8.32 Å². The van der Waals surface area contributed by atoms with Crippen LogP contribution in [0.2, 0.25) is 19.6 Å². The van der Waals surface area contributed by atoms with Crippen molar-refractivity contribution in [2.75, 3.05) is 0 Å². The first-order valence-corrected chi connectivity index (χ1v) is 9.40. The normalized spacial score (nSPS) is 19.0. The van der Waals surface area contributed by atoms with E-state index in [1.165, 1.54) is 0 Å². The molecule has 3 atom stereocenters. The van der Waals surface area contributed by atoms with Crippen LogP contribution in [0.4, 0.5) is 0 Å². The van der Waals surface area contributed by atoms with Crippen LogP contribution in [-0.4, -0.2) is 25.6 Å². The molecule has 0 aliphatic carbocycles. The molecule has 2 nitrogen and oxygen atoms in total. The van der Waals surface area contributed by atoms with Gasteiger partial charge < -0.3 is 9.53 Å². The summed E-state index contributed by atoms with van der Waals surface area (Å²) >= 11 is 0. The van der Waals surface area contributed by atoms with Crippen LogP contribution in [0.25, 0.3) is 0 Å². The predicted molar refractivity (Wildman–Crippen MR) is 68.5 cm³/mol. The summed E-state index contributed by atoms with van der Waals surface area (Å²) in [5.74, 6) is 0.946. The minimum atomic E-state index is -1.48. The summed E-state index contributed by atoms with van der Waals surface area (Å²) in [6, 6.07) is 0. The van der Waals surface area contributed by atoms with Crippen molar-refractivity contribution in [2.45, 2.75) is 66.0 Å². The number of rotatable bonds is 6. The molecule has 15 heavy (non-hydrogen) atoms. The van der Waals surface area contributed by atoms with Crippen LogP contribution < -0.4 is 0 Å². The summed E-state index contributed by atoms with van der Waals surface area (Å²) in [6.45, 7) is 15.1. The lowest BCUT2D eigenvalue weighted by molar-refractivity contribution is 0.0578. The second-order valence-corrected chi connectivity index (χ2v) is 10.5. The number of hydrogen-bond acceptors (Lipinski definition) is 2. The highest BCUT2D eigenvalue weighted by atomic mass is 28.4. The summed E-state index contributed by atoms with van der Waals surface area (Å²) in [5.41, 5.74) is 0. The van der Waals surface area contributed by atoms with E-state index >= 15 is 0 Å². The zero-order valence-electron chi connectivity index (χ0n) is 11.4. The van der Waals surface area contributed by atoms with E-state index in [0.717, 1.165) is 6.42 Å². The van der Waals surface area contributed by atoms with Crippen LogP contribution in [0.1, 0.15) is 34.1 Å². The molecular weight excluding hydrogens is 204 g/mol. The molecule has 0 aromatic rings. The van der Waals surface area contributed by atoms with E-state index in [4.69, 9.17) is 4.43 Å². The Balaban J connectivity index is 4.39. The Labute approximate surface area is 96.2 Å². The summed E-state index contributed by atoms with van der Waals surface area (Å²) in [4.78, 5) is 0. The Morgan fingerprint density at radius 3 is 1.80 bits per heavy atom. The van der Waals surface area contributed by atoms with Crippen LogP contribution in [0, 0.1) is 11.8 Å². The summed E-state index contributed by atoms with van der Waals surface area (Å²) in [6.07, 6.45) is 0.880. The maximum atomic E-state index is 9.41. The second-order valence-electron chi connectivity index (χ2n) is 6.00. The maximum Gasteiger partial charge on any atom is 0.184 e. The van der Waals surface area contributed by atoms with E-state index in [1.807, 2.05) is 6.92 Å². The van der Waals surface area contributed by atoms with Gasteiger partial charge in [0.1, 0.15) is 0 Å². The largest absolute Gasteiger partial charge is 0.414 e. The molecule has 0 spiro atoms. The van der Waals surface area contributed by atoms with Gasteiger partial charge in [-0.1, -0.05) is 20.8 Å². The van der Waals surface area contributed by atoms with E-state index in [-0.39, 0.29) is 12.2 Å². The van der Waals surface area contributed by atoms with Gasteiger partial charge in [0.05, 0.1) is 6.10 Å². The molecule has 0 heterocycles. The standard InChI is InChI=1S/C12H28O2Si/c1-9(2)12(14-15(5,6)7)10(3)8-11(4)13/h9-13H,8H2,1-7H3/t10-,11?,12-/m0/s1. The molecule has 1 unspecified atom stereocenters. The first-order valence-electron chi connectivity index (χ1n) is 5.99. The third kappa shape index (κ3) is 7.09. The highest BCUT2D eigenvalue weighted by molar-refractivity contribution is 6.69. The molecule has 0 aliphatic heterocycles. The van der Waals surface area contributed by atoms with Crippen LogP contribution in [0.5, 0.6) is 0 Å². The van der Waals surface area contributed by atoms with E-state index in [0.29, 0.717) is 11.8 Å². The first-order chi connectivity index (χ1) is 6.63. The SMILES string of the molecule is CC(O)C[C@H](C)[C@@H](O[Si](C)(C)C)C(C)C. The Morgan fingerprint density at radius 2 is 1.53 bits per heavy atom. The number of hydrogen-bond donors (Lipinski definition) is 1. The summed E-state index contributed by atoms with van der Waals surface area (Å²) < 4.78 is 6.19. The molecule has 1 N–H and O–H groups in total. The number of aliphatic hydroxyl groups is 1. The van der Waals surface area contributed by atoms with Crippen molar-refractivity contribution in [3.8, 4) is 0 Å². The van der Waals surface area contributed by atoms with Gasteiger partial charge in [-0.15, -0.1) is 0 Å². The molecule has 92 valence electrons. The Bertz CT molecular complexity index is 173. The fourth-order valence-electron chi connectivity index (χ4n) is 1.99. The third-order valence-corrected chi connectivity index (χ3v) is 3.40.